The monoisotopic (exact) mass is 430 g/mol. The molecule has 0 atom stereocenters. The minimum Gasteiger partial charge on any atom is -0.487 e. The fourth-order valence-corrected chi connectivity index (χ4v) is 4.33. The Balaban J connectivity index is 0.00000261. The summed E-state index contributed by atoms with van der Waals surface area (Å²) in [5, 5.41) is 3.99. The van der Waals surface area contributed by atoms with E-state index in [4.69, 9.17) is 16.3 Å². The first-order valence-corrected chi connectivity index (χ1v) is 10.6. The molecule has 1 heterocycles. The largest absolute Gasteiger partial charge is 0.487 e. The fraction of sp³-hybridized carbons (Fsp3) is 0.368. The van der Waals surface area contributed by atoms with Crippen LogP contribution in [0.25, 0.3) is 0 Å². The van der Waals surface area contributed by atoms with Crippen molar-refractivity contribution in [2.24, 2.45) is 0 Å². The van der Waals surface area contributed by atoms with Gasteiger partial charge in [-0.3, -0.25) is 0 Å². The Morgan fingerprint density at radius 2 is 1.81 bits per heavy atom. The molecule has 2 N–H and O–H groups in total. The minimum absolute atomic E-state index is 0. The van der Waals surface area contributed by atoms with Gasteiger partial charge in [-0.15, -0.1) is 12.4 Å². The van der Waals surface area contributed by atoms with Crippen LogP contribution in [-0.2, 0) is 29.5 Å². The van der Waals surface area contributed by atoms with Gasteiger partial charge in [-0.05, 0) is 55.3 Å². The molecule has 0 bridgehead atoms. The van der Waals surface area contributed by atoms with E-state index in [0.717, 1.165) is 42.8 Å². The molecule has 1 aliphatic rings. The van der Waals surface area contributed by atoms with Gasteiger partial charge < -0.3 is 10.1 Å². The van der Waals surface area contributed by atoms with Crippen LogP contribution < -0.4 is 14.8 Å². The Kier molecular flexibility index (Phi) is 7.94. The normalized spacial score (nSPS) is 14.0. The molecule has 3 rings (SSSR count). The number of benzene rings is 2. The summed E-state index contributed by atoms with van der Waals surface area (Å²) < 4.78 is 32.5. The standard InChI is InChI=1S/C19H23ClN2O3S.ClH/c1-2-22-26(23,24)16-6-3-14(4-7-16)13-25-19-17-10-12-21-11-9-15(17)5-8-18(19)20;/h3-8,21-22H,2,9-13H2,1H3;1H. The molecule has 0 unspecified atom stereocenters. The van der Waals surface area contributed by atoms with Gasteiger partial charge in [0.05, 0.1) is 9.92 Å². The van der Waals surface area contributed by atoms with Gasteiger partial charge in [-0.1, -0.05) is 36.7 Å². The highest BCUT2D eigenvalue weighted by Gasteiger charge is 2.16. The van der Waals surface area contributed by atoms with Crippen LogP contribution >= 0.6 is 24.0 Å². The number of sulfonamides is 1. The number of hydrogen-bond donors (Lipinski definition) is 2. The molecular weight excluding hydrogens is 407 g/mol. The van der Waals surface area contributed by atoms with Crippen LogP contribution in [0.2, 0.25) is 5.02 Å². The second-order valence-electron chi connectivity index (χ2n) is 6.20. The van der Waals surface area contributed by atoms with E-state index >= 15 is 0 Å². The Morgan fingerprint density at radius 3 is 2.52 bits per heavy atom. The summed E-state index contributed by atoms with van der Waals surface area (Å²) in [7, 11) is -3.44. The predicted molar refractivity (Wildman–Crippen MR) is 111 cm³/mol. The van der Waals surface area contributed by atoms with Crippen LogP contribution in [0.3, 0.4) is 0 Å². The van der Waals surface area contributed by atoms with Crippen molar-refractivity contribution in [2.45, 2.75) is 31.3 Å². The zero-order valence-electron chi connectivity index (χ0n) is 15.1. The Labute approximate surface area is 171 Å². The molecule has 0 saturated heterocycles. The Morgan fingerprint density at radius 1 is 1.11 bits per heavy atom. The highest BCUT2D eigenvalue weighted by Crippen LogP contribution is 2.33. The quantitative estimate of drug-likeness (QED) is 0.737. The van der Waals surface area contributed by atoms with Crippen molar-refractivity contribution >= 4 is 34.0 Å². The maximum Gasteiger partial charge on any atom is 0.240 e. The second-order valence-corrected chi connectivity index (χ2v) is 8.37. The lowest BCUT2D eigenvalue weighted by Crippen LogP contribution is -2.23. The van der Waals surface area contributed by atoms with Crippen molar-refractivity contribution < 1.29 is 13.2 Å². The van der Waals surface area contributed by atoms with Crippen LogP contribution in [0.4, 0.5) is 0 Å². The third-order valence-electron chi connectivity index (χ3n) is 4.38. The molecule has 0 spiro atoms. The van der Waals surface area contributed by atoms with Crippen molar-refractivity contribution in [3.8, 4) is 5.75 Å². The van der Waals surface area contributed by atoms with E-state index < -0.39 is 10.0 Å². The van der Waals surface area contributed by atoms with Gasteiger partial charge in [0.25, 0.3) is 0 Å². The minimum atomic E-state index is -3.44. The van der Waals surface area contributed by atoms with Crippen molar-refractivity contribution in [3.63, 3.8) is 0 Å². The van der Waals surface area contributed by atoms with Crippen molar-refractivity contribution in [3.05, 3.63) is 58.1 Å². The summed E-state index contributed by atoms with van der Waals surface area (Å²) in [5.74, 6) is 0.734. The van der Waals surface area contributed by atoms with Crippen LogP contribution in [0.1, 0.15) is 23.6 Å². The summed E-state index contributed by atoms with van der Waals surface area (Å²) in [4.78, 5) is 0.251. The maximum absolute atomic E-state index is 12.0. The van der Waals surface area contributed by atoms with E-state index in [1.54, 1.807) is 31.2 Å². The van der Waals surface area contributed by atoms with Gasteiger partial charge in [0.15, 0.2) is 0 Å². The summed E-state index contributed by atoms with van der Waals surface area (Å²) in [6.45, 7) is 4.31. The lowest BCUT2D eigenvalue weighted by molar-refractivity contribution is 0.303. The molecule has 0 aliphatic carbocycles. The molecule has 0 aromatic heterocycles. The number of hydrogen-bond acceptors (Lipinski definition) is 4. The molecule has 1 aliphatic heterocycles. The van der Waals surface area contributed by atoms with Crippen molar-refractivity contribution in [1.29, 1.82) is 0 Å². The molecule has 5 nitrogen and oxygen atoms in total. The highest BCUT2D eigenvalue weighted by molar-refractivity contribution is 7.89. The molecular formula is C19H24Cl2N2O3S. The molecule has 2 aromatic carbocycles. The van der Waals surface area contributed by atoms with Crippen molar-refractivity contribution in [2.75, 3.05) is 19.6 Å². The van der Waals surface area contributed by atoms with Crippen LogP contribution in [-0.4, -0.2) is 28.1 Å². The first-order chi connectivity index (χ1) is 12.5. The molecule has 27 heavy (non-hydrogen) atoms. The first kappa shape index (κ1) is 22.0. The van der Waals surface area contributed by atoms with Crippen LogP contribution in [0.15, 0.2) is 41.3 Å². The van der Waals surface area contributed by atoms with E-state index in [9.17, 15) is 8.42 Å². The number of halogens is 2. The molecule has 148 valence electrons. The maximum atomic E-state index is 12.0. The van der Waals surface area contributed by atoms with E-state index in [2.05, 4.69) is 16.1 Å². The van der Waals surface area contributed by atoms with Crippen molar-refractivity contribution in [1.82, 2.24) is 10.0 Å². The number of nitrogens with one attached hydrogen (secondary N) is 2. The van der Waals surface area contributed by atoms with E-state index in [-0.39, 0.29) is 17.3 Å². The van der Waals surface area contributed by atoms with Gasteiger partial charge >= 0.3 is 0 Å². The van der Waals surface area contributed by atoms with Gasteiger partial charge in [-0.25, -0.2) is 13.1 Å². The average Bonchev–Trinajstić information content (AvgIpc) is 2.87. The third-order valence-corrected chi connectivity index (χ3v) is 6.24. The molecule has 0 fully saturated rings. The zero-order chi connectivity index (χ0) is 18.6. The predicted octanol–water partition coefficient (Wildman–Crippen LogP) is 3.33. The highest BCUT2D eigenvalue weighted by atomic mass is 35.5. The first-order valence-electron chi connectivity index (χ1n) is 8.73. The van der Waals surface area contributed by atoms with E-state index in [1.165, 1.54) is 5.56 Å². The summed E-state index contributed by atoms with van der Waals surface area (Å²) in [5.41, 5.74) is 3.32. The lowest BCUT2D eigenvalue weighted by atomic mass is 10.0. The molecule has 0 saturated carbocycles. The molecule has 8 heteroatoms. The average molecular weight is 431 g/mol. The van der Waals surface area contributed by atoms with Crippen LogP contribution in [0.5, 0.6) is 5.75 Å². The second kappa shape index (κ2) is 9.75. The molecule has 0 radical (unpaired) electrons. The van der Waals surface area contributed by atoms with Crippen LogP contribution in [0, 0.1) is 0 Å². The topological polar surface area (TPSA) is 67.4 Å². The molecule has 0 amide bonds. The van der Waals surface area contributed by atoms with E-state index in [0.29, 0.717) is 18.2 Å². The summed E-state index contributed by atoms with van der Waals surface area (Å²) >= 11 is 6.37. The zero-order valence-corrected chi connectivity index (χ0v) is 17.5. The summed E-state index contributed by atoms with van der Waals surface area (Å²) in [6, 6.07) is 10.7. The lowest BCUT2D eigenvalue weighted by Gasteiger charge is -2.15. The van der Waals surface area contributed by atoms with Gasteiger partial charge in [-0.2, -0.15) is 0 Å². The summed E-state index contributed by atoms with van der Waals surface area (Å²) in [6.07, 6.45) is 1.84. The number of ether oxygens (including phenoxy) is 1. The Bertz CT molecular complexity index is 871. The van der Waals surface area contributed by atoms with Gasteiger partial charge in [0.1, 0.15) is 12.4 Å². The SMILES string of the molecule is CCNS(=O)(=O)c1ccc(COc2c(Cl)ccc3c2CCNCC3)cc1.Cl. The fourth-order valence-electron chi connectivity index (χ4n) is 3.06. The number of rotatable bonds is 6. The number of fused-ring (bicyclic) bond motifs is 1. The third kappa shape index (κ3) is 5.36. The van der Waals surface area contributed by atoms with E-state index in [1.807, 2.05) is 6.07 Å². The smallest absolute Gasteiger partial charge is 0.240 e. The molecule has 2 aromatic rings. The van der Waals surface area contributed by atoms with Gasteiger partial charge in [0, 0.05) is 12.1 Å². The Hall–Kier alpha value is -1.31. The van der Waals surface area contributed by atoms with Gasteiger partial charge in [0.2, 0.25) is 10.0 Å².